The average molecular weight is 444 g/mol. The van der Waals surface area contributed by atoms with E-state index in [1.165, 1.54) is 0 Å². The molecular weight excluding hydrogens is 424 g/mol. The fourth-order valence-electron chi connectivity index (χ4n) is 1.64. The van der Waals surface area contributed by atoms with Crippen molar-refractivity contribution in [2.24, 2.45) is 0 Å². The molecule has 0 aliphatic rings. The number of hydrogen-bond donors (Lipinski definition) is 0. The predicted molar refractivity (Wildman–Crippen MR) is 84.7 cm³/mol. The average Bonchev–Trinajstić information content (AvgIpc) is 2.53. The highest BCUT2D eigenvalue weighted by molar-refractivity contribution is 6.76. The molecule has 0 saturated carbocycles. The lowest BCUT2D eigenvalue weighted by Crippen LogP contribution is -2.59. The van der Waals surface area contributed by atoms with Crippen LogP contribution in [0.15, 0.2) is 12.2 Å². The molecule has 4 nitrogen and oxygen atoms in total. The van der Waals surface area contributed by atoms with E-state index >= 15 is 0 Å². The molecule has 0 fully saturated rings. The van der Waals surface area contributed by atoms with Crippen molar-refractivity contribution < 1.29 is 54.2 Å². The van der Waals surface area contributed by atoms with Crippen molar-refractivity contribution in [2.75, 3.05) is 13.2 Å². The van der Waals surface area contributed by atoms with Crippen LogP contribution in [0.1, 0.15) is 6.42 Å². The maximum Gasteiger partial charge on any atom is 0.381 e. The molecule has 0 aliphatic carbocycles. The van der Waals surface area contributed by atoms with Gasteiger partial charge in [0.25, 0.3) is 0 Å². The van der Waals surface area contributed by atoms with E-state index in [2.05, 4.69) is 24.4 Å². The monoisotopic (exact) mass is 444 g/mol. The van der Waals surface area contributed by atoms with Crippen LogP contribution >= 0.6 is 0 Å². The van der Waals surface area contributed by atoms with Crippen LogP contribution in [0.2, 0.25) is 25.7 Å². The van der Waals surface area contributed by atoms with Crippen LogP contribution in [0.5, 0.6) is 0 Å². The van der Waals surface area contributed by atoms with Crippen LogP contribution in [0.4, 0.5) is 35.1 Å². The Morgan fingerprint density at radius 2 is 1.39 bits per heavy atom. The SMILES string of the molecule is C[Si](C)(C)CCCOC(=O)C=CC(=O)OCC(F)(F)C(F)(F)C(F)(F)C(F)F. The third-order valence-corrected chi connectivity index (χ3v) is 5.07. The lowest BCUT2D eigenvalue weighted by molar-refractivity contribution is -0.344. The molecule has 0 bridgehead atoms. The van der Waals surface area contributed by atoms with Crippen molar-refractivity contribution in [3.8, 4) is 0 Å². The number of esters is 2. The van der Waals surface area contributed by atoms with E-state index in [1.54, 1.807) is 0 Å². The van der Waals surface area contributed by atoms with Gasteiger partial charge in [-0.15, -0.1) is 0 Å². The van der Waals surface area contributed by atoms with Crippen LogP contribution in [0.25, 0.3) is 0 Å². The summed E-state index contributed by atoms with van der Waals surface area (Å²) in [5.74, 6) is -21.4. The maximum absolute atomic E-state index is 13.2. The minimum atomic E-state index is -6.48. The van der Waals surface area contributed by atoms with E-state index < -0.39 is 50.8 Å². The summed E-state index contributed by atoms with van der Waals surface area (Å²) in [6.45, 7) is 3.68. The second kappa shape index (κ2) is 9.70. The van der Waals surface area contributed by atoms with Gasteiger partial charge in [0.1, 0.15) is 0 Å². The summed E-state index contributed by atoms with van der Waals surface area (Å²) < 4.78 is 110. The molecular formula is C15H20F8O4Si. The second-order valence-corrected chi connectivity index (χ2v) is 12.6. The van der Waals surface area contributed by atoms with Crippen molar-refractivity contribution >= 4 is 20.0 Å². The molecule has 0 amide bonds. The van der Waals surface area contributed by atoms with E-state index in [0.717, 1.165) is 6.04 Å². The molecule has 0 saturated heterocycles. The highest BCUT2D eigenvalue weighted by Crippen LogP contribution is 2.48. The molecule has 0 heterocycles. The number of hydrogen-bond acceptors (Lipinski definition) is 4. The van der Waals surface area contributed by atoms with Crippen molar-refractivity contribution in [3.05, 3.63) is 12.2 Å². The second-order valence-electron chi connectivity index (χ2n) is 6.98. The first-order valence-corrected chi connectivity index (χ1v) is 11.6. The van der Waals surface area contributed by atoms with Crippen molar-refractivity contribution in [1.82, 2.24) is 0 Å². The van der Waals surface area contributed by atoms with Gasteiger partial charge in [-0.25, -0.2) is 18.4 Å². The molecule has 0 atom stereocenters. The van der Waals surface area contributed by atoms with E-state index in [0.29, 0.717) is 12.5 Å². The number of rotatable bonds is 11. The smallest absolute Gasteiger partial charge is 0.381 e. The lowest BCUT2D eigenvalue weighted by atomic mass is 10.1. The standard InChI is InChI=1S/C15H20F8O4Si/c1-28(2,3)8-4-7-26-10(24)5-6-11(25)27-9-13(18,19)15(22,23)14(20,21)12(16)17/h5-6,12H,4,7-9H2,1-3H3. The Labute approximate surface area is 156 Å². The first-order valence-electron chi connectivity index (χ1n) is 7.87. The molecule has 0 aromatic rings. The third-order valence-electron chi connectivity index (χ3n) is 3.22. The summed E-state index contributed by atoms with van der Waals surface area (Å²) >= 11 is 0. The van der Waals surface area contributed by atoms with Crippen LogP contribution < -0.4 is 0 Å². The number of carbonyl (C=O) groups is 2. The van der Waals surface area contributed by atoms with Gasteiger partial charge in [0.05, 0.1) is 6.61 Å². The van der Waals surface area contributed by atoms with Gasteiger partial charge in [-0.1, -0.05) is 25.7 Å². The van der Waals surface area contributed by atoms with Gasteiger partial charge in [-0.2, -0.15) is 26.3 Å². The summed E-state index contributed by atoms with van der Waals surface area (Å²) in [4.78, 5) is 22.4. The van der Waals surface area contributed by atoms with Crippen LogP contribution in [-0.4, -0.2) is 57.4 Å². The van der Waals surface area contributed by atoms with Crippen molar-refractivity contribution in [3.63, 3.8) is 0 Å². The normalized spacial score (nSPS) is 13.9. The highest BCUT2D eigenvalue weighted by Gasteiger charge is 2.75. The van der Waals surface area contributed by atoms with E-state index in [9.17, 15) is 44.7 Å². The zero-order valence-corrected chi connectivity index (χ0v) is 16.2. The number of carbonyl (C=O) groups excluding carboxylic acids is 2. The molecule has 0 unspecified atom stereocenters. The lowest BCUT2D eigenvalue weighted by Gasteiger charge is -2.31. The van der Waals surface area contributed by atoms with Gasteiger partial charge in [0.15, 0.2) is 6.61 Å². The highest BCUT2D eigenvalue weighted by atomic mass is 28.3. The Hall–Kier alpha value is -1.66. The minimum absolute atomic E-state index is 0.0233. The topological polar surface area (TPSA) is 52.6 Å². The van der Waals surface area contributed by atoms with E-state index in [4.69, 9.17) is 4.74 Å². The van der Waals surface area contributed by atoms with E-state index in [-0.39, 0.29) is 12.7 Å². The molecule has 0 spiro atoms. The quantitative estimate of drug-likeness (QED) is 0.155. The Morgan fingerprint density at radius 3 is 1.82 bits per heavy atom. The fraction of sp³-hybridized carbons (Fsp3) is 0.733. The molecule has 0 rings (SSSR count). The van der Waals surface area contributed by atoms with Crippen LogP contribution in [0.3, 0.4) is 0 Å². The molecule has 0 aliphatic heterocycles. The number of ether oxygens (including phenoxy) is 2. The summed E-state index contributed by atoms with van der Waals surface area (Å²) in [5, 5.41) is 0. The summed E-state index contributed by atoms with van der Waals surface area (Å²) in [6, 6.07) is 0.846. The van der Waals surface area contributed by atoms with Gasteiger partial charge in [-0.05, 0) is 6.42 Å². The van der Waals surface area contributed by atoms with Gasteiger partial charge >= 0.3 is 36.1 Å². The third kappa shape index (κ3) is 7.76. The summed E-state index contributed by atoms with van der Waals surface area (Å²) in [7, 11) is -1.35. The van der Waals surface area contributed by atoms with Gasteiger partial charge < -0.3 is 9.47 Å². The Morgan fingerprint density at radius 1 is 0.929 bits per heavy atom. The van der Waals surface area contributed by atoms with Gasteiger partial charge in [-0.3, -0.25) is 0 Å². The Bertz CT molecular complexity index is 573. The van der Waals surface area contributed by atoms with Gasteiger partial charge in [0.2, 0.25) is 0 Å². The Balaban J connectivity index is 4.60. The zero-order chi connectivity index (χ0) is 22.4. The largest absolute Gasteiger partial charge is 0.463 e. The molecule has 164 valence electrons. The zero-order valence-electron chi connectivity index (χ0n) is 15.2. The fourth-order valence-corrected chi connectivity index (χ4v) is 2.85. The number of halogens is 8. The minimum Gasteiger partial charge on any atom is -0.463 e. The first kappa shape index (κ1) is 26.3. The molecule has 0 aromatic heterocycles. The molecule has 13 heteroatoms. The maximum atomic E-state index is 13.2. The van der Waals surface area contributed by atoms with E-state index in [1.807, 2.05) is 0 Å². The summed E-state index contributed by atoms with van der Waals surface area (Å²) in [6.07, 6.45) is -3.81. The Kier molecular flexibility index (Phi) is 9.12. The van der Waals surface area contributed by atoms with Crippen molar-refractivity contribution in [1.29, 1.82) is 0 Å². The van der Waals surface area contributed by atoms with Crippen LogP contribution in [-0.2, 0) is 19.1 Å². The molecule has 0 N–H and O–H groups in total. The first-order chi connectivity index (χ1) is 12.4. The molecule has 0 radical (unpaired) electrons. The predicted octanol–water partition coefficient (Wildman–Crippen LogP) is 4.53. The van der Waals surface area contributed by atoms with Crippen molar-refractivity contribution in [2.45, 2.75) is 56.3 Å². The van der Waals surface area contributed by atoms with Gasteiger partial charge in [0, 0.05) is 20.2 Å². The molecule has 0 aromatic carbocycles. The van der Waals surface area contributed by atoms with Crippen LogP contribution in [0, 0.1) is 0 Å². The number of alkyl halides is 8. The molecule has 28 heavy (non-hydrogen) atoms. The summed E-state index contributed by atoms with van der Waals surface area (Å²) in [5.41, 5.74) is 0.